The fraction of sp³-hybridized carbons (Fsp3) is 0.333. The van der Waals surface area contributed by atoms with Gasteiger partial charge in [-0.25, -0.2) is 0 Å². The molecule has 25 heavy (non-hydrogen) atoms. The number of aryl methyl sites for hydroxylation is 1. The van der Waals surface area contributed by atoms with E-state index in [0.29, 0.717) is 0 Å². The van der Waals surface area contributed by atoms with E-state index in [-0.39, 0.29) is 0 Å². The third-order valence-electron chi connectivity index (χ3n) is 6.28. The summed E-state index contributed by atoms with van der Waals surface area (Å²) in [5, 5.41) is 2.70. The van der Waals surface area contributed by atoms with Gasteiger partial charge in [-0.05, 0) is 71.2 Å². The van der Waals surface area contributed by atoms with Gasteiger partial charge in [-0.15, -0.1) is 0 Å². The molecule has 3 aromatic carbocycles. The van der Waals surface area contributed by atoms with E-state index in [0.717, 1.165) is 18.4 Å². The average Bonchev–Trinajstić information content (AvgIpc) is 2.67. The minimum atomic E-state index is 0.790. The van der Waals surface area contributed by atoms with E-state index in [1.54, 1.807) is 11.1 Å². The fourth-order valence-corrected chi connectivity index (χ4v) is 5.01. The quantitative estimate of drug-likeness (QED) is 0.610. The van der Waals surface area contributed by atoms with E-state index < -0.39 is 0 Å². The molecule has 1 nitrogen and oxygen atoms in total. The summed E-state index contributed by atoms with van der Waals surface area (Å²) in [5.74, 6) is 1.63. The van der Waals surface area contributed by atoms with E-state index in [1.165, 1.54) is 48.7 Å². The number of nitrogens with zero attached hydrogens (tertiary/aromatic N) is 1. The normalized spacial score (nSPS) is 23.2. The summed E-state index contributed by atoms with van der Waals surface area (Å²) in [7, 11) is 0. The van der Waals surface area contributed by atoms with E-state index in [9.17, 15) is 0 Å². The smallest absolute Gasteiger partial charge is 0.0234 e. The van der Waals surface area contributed by atoms with Crippen LogP contribution in [0.5, 0.6) is 0 Å². The van der Waals surface area contributed by atoms with Gasteiger partial charge < -0.3 is 0 Å². The molecule has 3 aromatic rings. The second-order valence-electron chi connectivity index (χ2n) is 7.81. The molecule has 0 N–H and O–H groups in total. The Hall–Kier alpha value is -2.12. The summed E-state index contributed by atoms with van der Waals surface area (Å²) < 4.78 is 0. The lowest BCUT2D eigenvalue weighted by Gasteiger charge is -2.42. The molecule has 1 fully saturated rings. The summed E-state index contributed by atoms with van der Waals surface area (Å²) in [4.78, 5) is 2.68. The second kappa shape index (κ2) is 6.31. The molecule has 0 radical (unpaired) electrons. The molecule has 1 heteroatoms. The van der Waals surface area contributed by atoms with Gasteiger partial charge in [0.1, 0.15) is 0 Å². The molecule has 1 heterocycles. The molecule has 0 bridgehead atoms. The summed E-state index contributed by atoms with van der Waals surface area (Å²) in [5.41, 5.74) is 4.70. The van der Waals surface area contributed by atoms with Crippen molar-refractivity contribution in [1.82, 2.24) is 4.90 Å². The summed E-state index contributed by atoms with van der Waals surface area (Å²) in [6.45, 7) is 3.57. The van der Waals surface area contributed by atoms with Gasteiger partial charge in [-0.3, -0.25) is 4.90 Å². The third-order valence-corrected chi connectivity index (χ3v) is 6.28. The third kappa shape index (κ3) is 2.87. The van der Waals surface area contributed by atoms with Crippen LogP contribution in [0.4, 0.5) is 0 Å². The van der Waals surface area contributed by atoms with Gasteiger partial charge in [0.05, 0.1) is 0 Å². The van der Waals surface area contributed by atoms with Crippen LogP contribution in [0.25, 0.3) is 10.8 Å². The first kappa shape index (κ1) is 15.2. The van der Waals surface area contributed by atoms with Crippen molar-refractivity contribution in [3.8, 4) is 0 Å². The topological polar surface area (TPSA) is 3.24 Å². The zero-order valence-corrected chi connectivity index (χ0v) is 14.7. The fourth-order valence-electron chi connectivity index (χ4n) is 5.01. The Morgan fingerprint density at radius 2 is 1.68 bits per heavy atom. The lowest BCUT2D eigenvalue weighted by atomic mass is 9.71. The van der Waals surface area contributed by atoms with Crippen LogP contribution in [-0.2, 0) is 13.0 Å². The number of hydrogen-bond donors (Lipinski definition) is 0. The maximum absolute atomic E-state index is 2.68. The lowest BCUT2D eigenvalue weighted by Crippen LogP contribution is -2.40. The van der Waals surface area contributed by atoms with Crippen LogP contribution in [0.1, 0.15) is 35.4 Å². The lowest BCUT2D eigenvalue weighted by molar-refractivity contribution is 0.135. The minimum absolute atomic E-state index is 0.790. The predicted molar refractivity (Wildman–Crippen MR) is 105 cm³/mol. The Bertz CT molecular complexity index is 897. The van der Waals surface area contributed by atoms with Gasteiger partial charge in [0.2, 0.25) is 0 Å². The first-order valence-corrected chi connectivity index (χ1v) is 9.65. The minimum Gasteiger partial charge on any atom is -0.299 e. The van der Waals surface area contributed by atoms with Crippen LogP contribution in [0, 0.1) is 5.92 Å². The van der Waals surface area contributed by atoms with Crippen LogP contribution in [0.2, 0.25) is 0 Å². The number of rotatable bonds is 2. The second-order valence-corrected chi connectivity index (χ2v) is 7.81. The standard InChI is InChI=1S/C24H25N/c1-2-7-21-15-18(9-10-19(21)5-1)16-25-14-13-24-22(17-25)12-11-20-6-3-4-8-23(20)24/h1-10,15,22,24H,11-14,16-17H2/t22-,24+/m0/s1. The Balaban J connectivity index is 1.32. The zero-order chi connectivity index (χ0) is 16.6. The highest BCUT2D eigenvalue weighted by molar-refractivity contribution is 5.82. The summed E-state index contributed by atoms with van der Waals surface area (Å²) in [6.07, 6.45) is 3.94. The van der Waals surface area contributed by atoms with E-state index in [2.05, 4.69) is 71.6 Å². The zero-order valence-electron chi connectivity index (χ0n) is 14.7. The maximum Gasteiger partial charge on any atom is 0.0234 e. The first-order valence-electron chi connectivity index (χ1n) is 9.65. The van der Waals surface area contributed by atoms with Gasteiger partial charge in [0, 0.05) is 13.1 Å². The van der Waals surface area contributed by atoms with Crippen molar-refractivity contribution in [3.05, 3.63) is 83.4 Å². The Labute approximate surface area is 150 Å². The molecule has 1 saturated heterocycles. The molecule has 0 saturated carbocycles. The van der Waals surface area contributed by atoms with Gasteiger partial charge in [-0.1, -0.05) is 60.7 Å². The van der Waals surface area contributed by atoms with Crippen molar-refractivity contribution in [1.29, 1.82) is 0 Å². The number of hydrogen-bond acceptors (Lipinski definition) is 1. The van der Waals surface area contributed by atoms with E-state index in [4.69, 9.17) is 0 Å². The highest BCUT2D eigenvalue weighted by Crippen LogP contribution is 2.41. The number of piperidine rings is 1. The van der Waals surface area contributed by atoms with Crippen molar-refractivity contribution in [2.45, 2.75) is 31.7 Å². The Morgan fingerprint density at radius 3 is 2.64 bits per heavy atom. The maximum atomic E-state index is 2.68. The SMILES string of the molecule is c1ccc2c(c1)CC[C@H]1CN(Cc3ccc4ccccc4c3)CC[C@@H]21. The molecule has 126 valence electrons. The molecular weight excluding hydrogens is 302 g/mol. The van der Waals surface area contributed by atoms with Crippen molar-refractivity contribution in [2.24, 2.45) is 5.92 Å². The molecule has 0 spiro atoms. The molecular formula is C24H25N. The highest BCUT2D eigenvalue weighted by Gasteiger charge is 2.34. The number of benzene rings is 3. The van der Waals surface area contributed by atoms with Gasteiger partial charge >= 0.3 is 0 Å². The Morgan fingerprint density at radius 1 is 0.840 bits per heavy atom. The van der Waals surface area contributed by atoms with Crippen LogP contribution >= 0.6 is 0 Å². The van der Waals surface area contributed by atoms with Crippen LogP contribution in [0.3, 0.4) is 0 Å². The van der Waals surface area contributed by atoms with Crippen LogP contribution in [-0.4, -0.2) is 18.0 Å². The monoisotopic (exact) mass is 327 g/mol. The van der Waals surface area contributed by atoms with Crippen molar-refractivity contribution >= 4 is 10.8 Å². The molecule has 5 rings (SSSR count). The molecule has 1 aliphatic heterocycles. The van der Waals surface area contributed by atoms with E-state index >= 15 is 0 Å². The largest absolute Gasteiger partial charge is 0.299 e. The van der Waals surface area contributed by atoms with Gasteiger partial charge in [0.15, 0.2) is 0 Å². The molecule has 1 aliphatic carbocycles. The summed E-state index contributed by atoms with van der Waals surface area (Å²) in [6, 6.07) is 24.8. The average molecular weight is 327 g/mol. The molecule has 2 atom stereocenters. The van der Waals surface area contributed by atoms with Crippen LogP contribution in [0.15, 0.2) is 66.7 Å². The first-order chi connectivity index (χ1) is 12.4. The van der Waals surface area contributed by atoms with Crippen molar-refractivity contribution in [3.63, 3.8) is 0 Å². The number of fused-ring (bicyclic) bond motifs is 4. The Kier molecular flexibility index (Phi) is 3.83. The van der Waals surface area contributed by atoms with Crippen molar-refractivity contribution in [2.75, 3.05) is 13.1 Å². The highest BCUT2D eigenvalue weighted by atomic mass is 15.1. The molecule has 0 amide bonds. The predicted octanol–water partition coefficient (Wildman–Crippen LogP) is 5.39. The molecule has 0 unspecified atom stereocenters. The summed E-state index contributed by atoms with van der Waals surface area (Å²) >= 11 is 0. The van der Waals surface area contributed by atoms with Gasteiger partial charge in [0.25, 0.3) is 0 Å². The van der Waals surface area contributed by atoms with Crippen molar-refractivity contribution < 1.29 is 0 Å². The molecule has 0 aromatic heterocycles. The molecule has 2 aliphatic rings. The number of likely N-dealkylation sites (tertiary alicyclic amines) is 1. The van der Waals surface area contributed by atoms with Gasteiger partial charge in [-0.2, -0.15) is 0 Å². The van der Waals surface area contributed by atoms with Crippen LogP contribution < -0.4 is 0 Å². The van der Waals surface area contributed by atoms with E-state index in [1.807, 2.05) is 0 Å².